The van der Waals surface area contributed by atoms with Crippen molar-refractivity contribution in [2.45, 2.75) is 70.9 Å². The zero-order valence-corrected chi connectivity index (χ0v) is 16.5. The van der Waals surface area contributed by atoms with Crippen molar-refractivity contribution in [3.63, 3.8) is 0 Å². The van der Waals surface area contributed by atoms with Crippen LogP contribution >= 0.6 is 0 Å². The van der Waals surface area contributed by atoms with Crippen LogP contribution in [0.15, 0.2) is 34.7 Å². The Morgan fingerprint density at radius 2 is 2.19 bits per heavy atom. The molecule has 4 aliphatic rings. The molecule has 1 aromatic rings. The Bertz CT molecular complexity index is 813. The molecule has 2 aliphatic heterocycles. The van der Waals surface area contributed by atoms with Crippen LogP contribution in [0.5, 0.6) is 0 Å². The smallest absolute Gasteiger partial charge is 0.302 e. The van der Waals surface area contributed by atoms with Crippen molar-refractivity contribution in [3.8, 4) is 0 Å². The molecule has 146 valence electrons. The molecule has 3 heterocycles. The Kier molecular flexibility index (Phi) is 3.41. The molecule has 2 bridgehead atoms. The Labute approximate surface area is 160 Å². The second-order valence-electron chi connectivity index (χ2n) is 9.21. The fraction of sp³-hybridized carbons (Fsp3) is 0.682. The van der Waals surface area contributed by atoms with E-state index >= 15 is 0 Å². The SMILES string of the molecule is CC(=O)O[C@H]1CC(C)[C@@]2(C)C[C@@]3(c4ccoc4)OC[C@@]14C(C)=CCC[C@@]24O3. The first kappa shape index (κ1) is 17.5. The Morgan fingerprint density at radius 1 is 1.37 bits per heavy atom. The Balaban J connectivity index is 1.73. The van der Waals surface area contributed by atoms with Crippen molar-refractivity contribution in [3.05, 3.63) is 35.8 Å². The number of ether oxygens (including phenoxy) is 3. The molecule has 0 radical (unpaired) electrons. The van der Waals surface area contributed by atoms with Gasteiger partial charge in [0, 0.05) is 24.3 Å². The summed E-state index contributed by atoms with van der Waals surface area (Å²) < 4.78 is 24.9. The van der Waals surface area contributed by atoms with E-state index in [2.05, 4.69) is 26.8 Å². The van der Waals surface area contributed by atoms with Gasteiger partial charge in [-0.25, -0.2) is 0 Å². The minimum atomic E-state index is -0.776. The molecule has 1 unspecified atom stereocenters. The summed E-state index contributed by atoms with van der Waals surface area (Å²) in [5, 5.41) is 0. The van der Waals surface area contributed by atoms with Crippen LogP contribution in [0.4, 0.5) is 0 Å². The first-order chi connectivity index (χ1) is 12.8. The van der Waals surface area contributed by atoms with Gasteiger partial charge in [-0.2, -0.15) is 0 Å². The number of hydrogen-bond donors (Lipinski definition) is 0. The van der Waals surface area contributed by atoms with Crippen LogP contribution in [-0.4, -0.2) is 24.3 Å². The lowest BCUT2D eigenvalue weighted by Gasteiger charge is -2.65. The number of furan rings is 1. The van der Waals surface area contributed by atoms with Crippen LogP contribution in [0.3, 0.4) is 0 Å². The largest absolute Gasteiger partial charge is 0.472 e. The summed E-state index contributed by atoms with van der Waals surface area (Å²) in [6, 6.07) is 1.95. The van der Waals surface area contributed by atoms with Gasteiger partial charge in [0.05, 0.1) is 30.1 Å². The van der Waals surface area contributed by atoms with Gasteiger partial charge >= 0.3 is 5.97 Å². The maximum absolute atomic E-state index is 12.0. The Morgan fingerprint density at radius 3 is 2.89 bits per heavy atom. The van der Waals surface area contributed by atoms with Crippen molar-refractivity contribution in [1.29, 1.82) is 0 Å². The van der Waals surface area contributed by atoms with E-state index < -0.39 is 16.8 Å². The van der Waals surface area contributed by atoms with Crippen LogP contribution in [0.2, 0.25) is 0 Å². The molecule has 0 amide bonds. The quantitative estimate of drug-likeness (QED) is 0.571. The third kappa shape index (κ3) is 1.85. The molecular weight excluding hydrogens is 344 g/mol. The highest BCUT2D eigenvalue weighted by molar-refractivity contribution is 5.66. The molecule has 1 spiro atoms. The second-order valence-corrected chi connectivity index (χ2v) is 9.21. The van der Waals surface area contributed by atoms with Gasteiger partial charge < -0.3 is 18.6 Å². The van der Waals surface area contributed by atoms with Crippen molar-refractivity contribution in [1.82, 2.24) is 0 Å². The highest BCUT2D eigenvalue weighted by Gasteiger charge is 2.80. The molecular formula is C22H28O5. The van der Waals surface area contributed by atoms with Crippen molar-refractivity contribution >= 4 is 5.97 Å². The average Bonchev–Trinajstić information content (AvgIpc) is 3.21. The van der Waals surface area contributed by atoms with Gasteiger partial charge in [0.2, 0.25) is 0 Å². The first-order valence-electron chi connectivity index (χ1n) is 10.0. The fourth-order valence-corrected chi connectivity index (χ4v) is 6.79. The number of carbonyl (C=O) groups excluding carboxylic acids is 1. The van der Waals surface area contributed by atoms with E-state index in [4.69, 9.17) is 18.6 Å². The first-order valence-corrected chi connectivity index (χ1v) is 10.0. The second kappa shape index (κ2) is 5.26. The van der Waals surface area contributed by atoms with Gasteiger partial charge in [-0.05, 0) is 38.2 Å². The fourth-order valence-electron chi connectivity index (χ4n) is 6.79. The molecule has 0 aromatic carbocycles. The summed E-state index contributed by atoms with van der Waals surface area (Å²) in [6.45, 7) is 8.78. The predicted octanol–water partition coefficient (Wildman–Crippen LogP) is 4.33. The standard InChI is InChI=1S/C22H28O5/c1-14-6-5-8-22-19(4)12-21(27-22,17-7-9-24-11-17)25-13-20(14,22)18(10-15(19)2)26-16(3)23/h6-7,9,11,15,18H,5,8,10,12-13H2,1-4H3/t15?,18-,19+,20+,21+,22+/m0/s1. The highest BCUT2D eigenvalue weighted by atomic mass is 16.7. The average molecular weight is 372 g/mol. The number of fused-ring (bicyclic) bond motifs is 1. The lowest BCUT2D eigenvalue weighted by molar-refractivity contribution is -0.370. The number of hydrogen-bond acceptors (Lipinski definition) is 5. The predicted molar refractivity (Wildman–Crippen MR) is 97.6 cm³/mol. The molecule has 1 saturated carbocycles. The van der Waals surface area contributed by atoms with Gasteiger partial charge in [-0.3, -0.25) is 4.79 Å². The number of rotatable bonds is 2. The minimum absolute atomic E-state index is 0.0764. The third-order valence-electron chi connectivity index (χ3n) is 8.24. The van der Waals surface area contributed by atoms with Gasteiger partial charge in [0.15, 0.2) is 5.79 Å². The molecule has 1 aromatic heterocycles. The van der Waals surface area contributed by atoms with Gasteiger partial charge in [-0.1, -0.05) is 25.5 Å². The molecule has 0 N–H and O–H groups in total. The van der Waals surface area contributed by atoms with E-state index in [1.54, 1.807) is 12.5 Å². The van der Waals surface area contributed by atoms with Crippen LogP contribution < -0.4 is 0 Å². The van der Waals surface area contributed by atoms with Crippen LogP contribution in [0.1, 0.15) is 58.9 Å². The lowest BCUT2D eigenvalue weighted by atomic mass is 9.44. The highest BCUT2D eigenvalue weighted by Crippen LogP contribution is 2.75. The minimum Gasteiger partial charge on any atom is -0.472 e. The number of carbonyl (C=O) groups is 1. The van der Waals surface area contributed by atoms with E-state index in [0.717, 1.165) is 31.2 Å². The third-order valence-corrected chi connectivity index (χ3v) is 8.24. The lowest BCUT2D eigenvalue weighted by Crippen LogP contribution is -2.72. The molecule has 27 heavy (non-hydrogen) atoms. The molecule has 2 saturated heterocycles. The topological polar surface area (TPSA) is 57.9 Å². The van der Waals surface area contributed by atoms with E-state index in [1.807, 2.05) is 6.07 Å². The normalized spacial score (nSPS) is 47.9. The van der Waals surface area contributed by atoms with Crippen LogP contribution in [0.25, 0.3) is 0 Å². The van der Waals surface area contributed by atoms with Gasteiger partial charge in [-0.15, -0.1) is 0 Å². The maximum Gasteiger partial charge on any atom is 0.302 e. The molecule has 5 heteroatoms. The van der Waals surface area contributed by atoms with Crippen molar-refractivity contribution < 1.29 is 23.4 Å². The molecule has 5 rings (SSSR count). The van der Waals surface area contributed by atoms with E-state index in [1.165, 1.54) is 12.5 Å². The van der Waals surface area contributed by atoms with E-state index in [-0.39, 0.29) is 17.5 Å². The van der Waals surface area contributed by atoms with Crippen molar-refractivity contribution in [2.24, 2.45) is 16.7 Å². The molecule has 5 nitrogen and oxygen atoms in total. The summed E-state index contributed by atoms with van der Waals surface area (Å²) in [7, 11) is 0. The Hall–Kier alpha value is -1.59. The summed E-state index contributed by atoms with van der Waals surface area (Å²) >= 11 is 0. The van der Waals surface area contributed by atoms with Gasteiger partial charge in [0.1, 0.15) is 6.10 Å². The molecule has 3 fully saturated rings. The number of esters is 1. The zero-order chi connectivity index (χ0) is 19.1. The number of allylic oxidation sites excluding steroid dienone is 1. The summed E-state index contributed by atoms with van der Waals surface area (Å²) in [5.74, 6) is -0.665. The van der Waals surface area contributed by atoms with Gasteiger partial charge in [0.25, 0.3) is 0 Å². The van der Waals surface area contributed by atoms with Crippen LogP contribution in [0, 0.1) is 16.7 Å². The van der Waals surface area contributed by atoms with E-state index in [9.17, 15) is 4.79 Å². The van der Waals surface area contributed by atoms with Crippen LogP contribution in [-0.2, 0) is 24.8 Å². The summed E-state index contributed by atoms with van der Waals surface area (Å²) in [6.07, 6.45) is 9.00. The summed E-state index contributed by atoms with van der Waals surface area (Å²) in [4.78, 5) is 12.0. The molecule has 6 atom stereocenters. The molecule has 2 aliphatic carbocycles. The van der Waals surface area contributed by atoms with Crippen molar-refractivity contribution in [2.75, 3.05) is 6.61 Å². The summed E-state index contributed by atoms with van der Waals surface area (Å²) in [5.41, 5.74) is 1.27. The maximum atomic E-state index is 12.0. The van der Waals surface area contributed by atoms with E-state index in [0.29, 0.717) is 12.5 Å². The zero-order valence-electron chi connectivity index (χ0n) is 16.5. The monoisotopic (exact) mass is 372 g/mol.